The Labute approximate surface area is 147 Å². The quantitative estimate of drug-likeness (QED) is 0.801. The summed E-state index contributed by atoms with van der Waals surface area (Å²) in [6.07, 6.45) is 1.08. The Morgan fingerprint density at radius 1 is 0.826 bits per heavy atom. The molecule has 0 spiro atoms. The standard InChI is InChI=1S/C18H31NO3.ClH/c1-17(2,3)12-18(4,5)19-11-13-9-15(21-7)16(22-8)10-14(13)20-6;/h9-10,19H,11-12H2,1-8H3;1H/p-1. The second-order valence-electron chi connectivity index (χ2n) is 7.49. The Bertz CT molecular complexity index is 496. The van der Waals surface area contributed by atoms with Gasteiger partial charge in [-0.05, 0) is 31.7 Å². The fraction of sp³-hybridized carbons (Fsp3) is 0.667. The summed E-state index contributed by atoms with van der Waals surface area (Å²) < 4.78 is 16.2. The zero-order chi connectivity index (χ0) is 17.0. The molecule has 4 nitrogen and oxygen atoms in total. The zero-order valence-electron chi connectivity index (χ0n) is 15.7. The van der Waals surface area contributed by atoms with E-state index < -0.39 is 0 Å². The van der Waals surface area contributed by atoms with Crippen LogP contribution in [0.1, 0.15) is 46.6 Å². The predicted octanol–water partition coefficient (Wildman–Crippen LogP) is 1.02. The van der Waals surface area contributed by atoms with Crippen molar-refractivity contribution in [1.29, 1.82) is 0 Å². The molecule has 23 heavy (non-hydrogen) atoms. The van der Waals surface area contributed by atoms with Crippen LogP contribution in [0.3, 0.4) is 0 Å². The first kappa shape index (κ1) is 21.9. The molecule has 0 bridgehead atoms. The number of ether oxygens (including phenoxy) is 3. The molecule has 0 unspecified atom stereocenters. The lowest BCUT2D eigenvalue weighted by atomic mass is 9.81. The van der Waals surface area contributed by atoms with Gasteiger partial charge in [0.05, 0.1) is 21.3 Å². The van der Waals surface area contributed by atoms with Crippen LogP contribution in [0.4, 0.5) is 0 Å². The van der Waals surface area contributed by atoms with Gasteiger partial charge in [-0.3, -0.25) is 0 Å². The first-order chi connectivity index (χ1) is 10.1. The molecule has 0 aromatic heterocycles. The van der Waals surface area contributed by atoms with Crippen LogP contribution in [-0.2, 0) is 6.54 Å². The molecule has 0 aliphatic rings. The normalized spacial score (nSPS) is 11.7. The largest absolute Gasteiger partial charge is 1.00 e. The van der Waals surface area contributed by atoms with Crippen LogP contribution in [-0.4, -0.2) is 26.9 Å². The third-order valence-electron chi connectivity index (χ3n) is 3.52. The summed E-state index contributed by atoms with van der Waals surface area (Å²) in [5.41, 5.74) is 1.37. The number of methoxy groups -OCH3 is 3. The average molecular weight is 345 g/mol. The van der Waals surface area contributed by atoms with E-state index in [1.165, 1.54) is 0 Å². The Hall–Kier alpha value is -1.13. The Morgan fingerprint density at radius 2 is 1.30 bits per heavy atom. The molecule has 0 aliphatic carbocycles. The highest BCUT2D eigenvalue weighted by Gasteiger charge is 2.25. The van der Waals surface area contributed by atoms with Crippen LogP contribution in [0.25, 0.3) is 0 Å². The van der Waals surface area contributed by atoms with Crippen molar-refractivity contribution in [3.05, 3.63) is 17.7 Å². The van der Waals surface area contributed by atoms with E-state index in [1.807, 2.05) is 12.1 Å². The third kappa shape index (κ3) is 6.88. The van der Waals surface area contributed by atoms with Crippen molar-refractivity contribution in [2.75, 3.05) is 21.3 Å². The van der Waals surface area contributed by atoms with Gasteiger partial charge in [-0.15, -0.1) is 0 Å². The molecule has 1 aromatic carbocycles. The topological polar surface area (TPSA) is 39.7 Å². The van der Waals surface area contributed by atoms with E-state index in [9.17, 15) is 0 Å². The number of hydrogen-bond acceptors (Lipinski definition) is 4. The van der Waals surface area contributed by atoms with Gasteiger partial charge in [-0.1, -0.05) is 20.8 Å². The lowest BCUT2D eigenvalue weighted by molar-refractivity contribution is -0.00000763. The number of rotatable bonds is 7. The lowest BCUT2D eigenvalue weighted by Crippen LogP contribution is -3.00. The molecular weight excluding hydrogens is 314 g/mol. The molecule has 0 fully saturated rings. The molecule has 5 heteroatoms. The van der Waals surface area contributed by atoms with Crippen molar-refractivity contribution in [2.45, 2.75) is 53.1 Å². The van der Waals surface area contributed by atoms with Crippen molar-refractivity contribution in [2.24, 2.45) is 5.41 Å². The SMILES string of the molecule is COc1cc(OC)c(OC)cc1CNC(C)(C)CC(C)(C)C.[Cl-]. The van der Waals surface area contributed by atoms with E-state index in [0.29, 0.717) is 18.0 Å². The maximum Gasteiger partial charge on any atom is 0.164 e. The minimum atomic E-state index is 0. The molecule has 0 radical (unpaired) electrons. The fourth-order valence-corrected chi connectivity index (χ4v) is 2.95. The van der Waals surface area contributed by atoms with E-state index >= 15 is 0 Å². The van der Waals surface area contributed by atoms with E-state index in [2.05, 4.69) is 39.9 Å². The van der Waals surface area contributed by atoms with E-state index in [0.717, 1.165) is 17.7 Å². The Morgan fingerprint density at radius 3 is 1.74 bits per heavy atom. The summed E-state index contributed by atoms with van der Waals surface area (Å²) in [5, 5.41) is 3.62. The molecular formula is C18H31ClNO3-. The maximum atomic E-state index is 5.48. The summed E-state index contributed by atoms with van der Waals surface area (Å²) in [6, 6.07) is 3.84. The zero-order valence-corrected chi connectivity index (χ0v) is 16.4. The summed E-state index contributed by atoms with van der Waals surface area (Å²) in [7, 11) is 4.94. The monoisotopic (exact) mass is 344 g/mol. The van der Waals surface area contributed by atoms with Crippen LogP contribution >= 0.6 is 0 Å². The molecule has 1 rings (SSSR count). The maximum absolute atomic E-state index is 5.48. The van der Waals surface area contributed by atoms with Gasteiger partial charge in [-0.25, -0.2) is 0 Å². The summed E-state index contributed by atoms with van der Waals surface area (Å²) >= 11 is 0. The van der Waals surface area contributed by atoms with Crippen LogP contribution in [0.15, 0.2) is 12.1 Å². The molecule has 134 valence electrons. The summed E-state index contributed by atoms with van der Waals surface area (Å²) in [4.78, 5) is 0. The van der Waals surface area contributed by atoms with Crippen molar-refractivity contribution in [3.63, 3.8) is 0 Å². The van der Waals surface area contributed by atoms with Gasteiger partial charge < -0.3 is 31.9 Å². The highest BCUT2D eigenvalue weighted by molar-refractivity contribution is 5.50. The third-order valence-corrected chi connectivity index (χ3v) is 3.52. The Balaban J connectivity index is 0.00000484. The van der Waals surface area contributed by atoms with Crippen molar-refractivity contribution in [3.8, 4) is 17.2 Å². The summed E-state index contributed by atoms with van der Waals surface area (Å²) in [5.74, 6) is 2.20. The highest BCUT2D eigenvalue weighted by atomic mass is 35.5. The van der Waals surface area contributed by atoms with Crippen molar-refractivity contribution >= 4 is 0 Å². The van der Waals surface area contributed by atoms with Crippen LogP contribution in [0, 0.1) is 5.41 Å². The number of nitrogens with one attached hydrogen (secondary N) is 1. The lowest BCUT2D eigenvalue weighted by Gasteiger charge is -2.33. The Kier molecular flexibility index (Phi) is 8.22. The highest BCUT2D eigenvalue weighted by Crippen LogP contribution is 2.35. The van der Waals surface area contributed by atoms with Crippen molar-refractivity contribution < 1.29 is 26.6 Å². The first-order valence-corrected chi connectivity index (χ1v) is 7.66. The van der Waals surface area contributed by atoms with Gasteiger partial charge >= 0.3 is 0 Å². The molecule has 1 N–H and O–H groups in total. The van der Waals surface area contributed by atoms with Gasteiger partial charge in [0.2, 0.25) is 0 Å². The average Bonchev–Trinajstić information content (AvgIpc) is 2.41. The van der Waals surface area contributed by atoms with Crippen molar-refractivity contribution in [1.82, 2.24) is 5.32 Å². The molecule has 0 amide bonds. The number of hydrogen-bond donors (Lipinski definition) is 1. The van der Waals surface area contributed by atoms with Crippen LogP contribution in [0.5, 0.6) is 17.2 Å². The van der Waals surface area contributed by atoms with Gasteiger partial charge in [-0.2, -0.15) is 0 Å². The minimum absolute atomic E-state index is 0. The van der Waals surface area contributed by atoms with Crippen LogP contribution in [0.2, 0.25) is 0 Å². The summed E-state index contributed by atoms with van der Waals surface area (Å²) in [6.45, 7) is 11.9. The van der Waals surface area contributed by atoms with Gasteiger partial charge in [0.1, 0.15) is 5.75 Å². The van der Waals surface area contributed by atoms with Gasteiger partial charge in [0.25, 0.3) is 0 Å². The number of halogens is 1. The smallest absolute Gasteiger partial charge is 0.164 e. The molecule has 1 aromatic rings. The second-order valence-corrected chi connectivity index (χ2v) is 7.49. The molecule has 0 aliphatic heterocycles. The molecule has 0 saturated heterocycles. The van der Waals surface area contributed by atoms with E-state index in [1.54, 1.807) is 21.3 Å². The van der Waals surface area contributed by atoms with E-state index in [-0.39, 0.29) is 23.4 Å². The second kappa shape index (κ2) is 8.65. The first-order valence-electron chi connectivity index (χ1n) is 7.66. The predicted molar refractivity (Wildman–Crippen MR) is 91.1 cm³/mol. The van der Waals surface area contributed by atoms with E-state index in [4.69, 9.17) is 14.2 Å². The number of benzene rings is 1. The van der Waals surface area contributed by atoms with Crippen LogP contribution < -0.4 is 31.9 Å². The minimum Gasteiger partial charge on any atom is -1.00 e. The molecule has 0 heterocycles. The molecule has 0 saturated carbocycles. The fourth-order valence-electron chi connectivity index (χ4n) is 2.95. The van der Waals surface area contributed by atoms with Gasteiger partial charge in [0.15, 0.2) is 11.5 Å². The van der Waals surface area contributed by atoms with Gasteiger partial charge in [0, 0.05) is 23.7 Å². The molecule has 0 atom stereocenters.